The van der Waals surface area contributed by atoms with Gasteiger partial charge in [-0.05, 0) is 25.7 Å². The van der Waals surface area contributed by atoms with Gasteiger partial charge in [-0.15, -0.1) is 11.6 Å². The van der Waals surface area contributed by atoms with Crippen LogP contribution in [0.15, 0.2) is 46.5 Å². The second kappa shape index (κ2) is 8.80. The topological polar surface area (TPSA) is 74.2 Å². The van der Waals surface area contributed by atoms with Gasteiger partial charge < -0.3 is 14.2 Å². The Morgan fingerprint density at radius 1 is 1.03 bits per heavy atom. The predicted molar refractivity (Wildman–Crippen MR) is 117 cm³/mol. The molecule has 0 N–H and O–H groups in total. The second-order valence-corrected chi connectivity index (χ2v) is 9.40. The molecule has 0 saturated heterocycles. The highest BCUT2D eigenvalue weighted by Gasteiger charge is 2.54. The van der Waals surface area contributed by atoms with Crippen molar-refractivity contribution in [2.24, 2.45) is 10.4 Å². The van der Waals surface area contributed by atoms with Crippen LogP contribution in [-0.2, 0) is 29.4 Å². The van der Waals surface area contributed by atoms with E-state index in [-0.39, 0.29) is 28.3 Å². The molecule has 1 aliphatic rings. The number of esters is 2. The molecule has 0 saturated carbocycles. The number of nitrogens with zero attached hydrogens (tertiary/aromatic N) is 1. The third-order valence-electron chi connectivity index (χ3n) is 4.71. The largest absolute Gasteiger partial charge is 0.466 e. The van der Waals surface area contributed by atoms with Crippen LogP contribution in [0.3, 0.4) is 0 Å². The van der Waals surface area contributed by atoms with Crippen LogP contribution in [0.1, 0.15) is 46.6 Å². The van der Waals surface area contributed by atoms with Gasteiger partial charge in [-0.3, -0.25) is 0 Å². The number of carbonyl (C=O) groups excluding carboxylic acids is 2. The Kier molecular flexibility index (Phi) is 7.02. The number of halogens is 1. The fourth-order valence-electron chi connectivity index (χ4n) is 4.01. The highest BCUT2D eigenvalue weighted by Crippen LogP contribution is 2.45. The van der Waals surface area contributed by atoms with E-state index < -0.39 is 23.1 Å². The van der Waals surface area contributed by atoms with E-state index in [9.17, 15) is 9.59 Å². The van der Waals surface area contributed by atoms with Crippen molar-refractivity contribution in [2.75, 3.05) is 20.1 Å². The number of aliphatic imine (C=N–C) groups is 1. The number of benzene rings is 1. The lowest BCUT2D eigenvalue weighted by Gasteiger charge is -2.31. The molecule has 1 unspecified atom stereocenters. The highest BCUT2D eigenvalue weighted by molar-refractivity contribution is 6.26. The number of hydrogen-bond donors (Lipinski definition) is 0. The molecule has 1 atom stereocenters. The Balaban J connectivity index is 2.80. The summed E-state index contributed by atoms with van der Waals surface area (Å²) in [6.07, 6.45) is 0.716. The number of rotatable bonds is 6. The van der Waals surface area contributed by atoms with Crippen molar-refractivity contribution in [3.8, 4) is 0 Å². The minimum absolute atomic E-state index is 0.0108. The molecule has 1 heterocycles. The van der Waals surface area contributed by atoms with Gasteiger partial charge in [-0.25, -0.2) is 14.6 Å². The van der Waals surface area contributed by atoms with Crippen molar-refractivity contribution in [1.82, 2.24) is 0 Å². The van der Waals surface area contributed by atoms with Crippen molar-refractivity contribution < 1.29 is 23.8 Å². The van der Waals surface area contributed by atoms with Gasteiger partial charge in [0.15, 0.2) is 5.60 Å². The summed E-state index contributed by atoms with van der Waals surface area (Å²) < 4.78 is 16.2. The van der Waals surface area contributed by atoms with Gasteiger partial charge in [0.25, 0.3) is 0 Å². The van der Waals surface area contributed by atoms with E-state index in [2.05, 4.69) is 20.8 Å². The molecule has 1 aliphatic heterocycles. The number of carbonyl (C=O) groups is 2. The number of ether oxygens (including phenoxy) is 3. The van der Waals surface area contributed by atoms with Crippen LogP contribution in [0.2, 0.25) is 0 Å². The van der Waals surface area contributed by atoms with Gasteiger partial charge in [0.1, 0.15) is 11.1 Å². The molecular formula is C23H30ClNO5. The van der Waals surface area contributed by atoms with Gasteiger partial charge in [0.2, 0.25) is 5.90 Å². The van der Waals surface area contributed by atoms with Gasteiger partial charge >= 0.3 is 11.9 Å². The summed E-state index contributed by atoms with van der Waals surface area (Å²) in [4.78, 5) is 30.4. The van der Waals surface area contributed by atoms with Gasteiger partial charge in [-0.1, -0.05) is 51.1 Å². The Bertz CT molecular complexity index is 867. The van der Waals surface area contributed by atoms with E-state index in [4.69, 9.17) is 30.8 Å². The van der Waals surface area contributed by atoms with E-state index in [1.807, 2.05) is 19.9 Å². The van der Waals surface area contributed by atoms with E-state index in [1.54, 1.807) is 24.3 Å². The van der Waals surface area contributed by atoms with Crippen molar-refractivity contribution in [1.29, 1.82) is 0 Å². The molecule has 0 fully saturated rings. The van der Waals surface area contributed by atoms with Crippen LogP contribution in [0.4, 0.5) is 0 Å². The molecule has 2 rings (SSSR count). The third kappa shape index (κ3) is 4.86. The summed E-state index contributed by atoms with van der Waals surface area (Å²) in [7, 11) is 2.48. The Morgan fingerprint density at radius 3 is 2.07 bits per heavy atom. The predicted octanol–water partition coefficient (Wildman–Crippen LogP) is 4.41. The molecule has 7 heteroatoms. The summed E-state index contributed by atoms with van der Waals surface area (Å²) in [5.41, 5.74) is -1.47. The van der Waals surface area contributed by atoms with Gasteiger partial charge in [-0.2, -0.15) is 0 Å². The molecule has 1 aromatic carbocycles. The van der Waals surface area contributed by atoms with Crippen LogP contribution in [0, 0.1) is 5.41 Å². The molecule has 30 heavy (non-hydrogen) atoms. The molecule has 6 nitrogen and oxygen atoms in total. The maximum absolute atomic E-state index is 12.9. The SMILES string of the molecule is COC(=O)C1=C(C(=O)OC)C(CCl)(c2ccccc2)OC1=NC(C)(C)CC(C)(C)C. The first-order valence-corrected chi connectivity index (χ1v) is 10.3. The molecule has 164 valence electrons. The first-order chi connectivity index (χ1) is 13.9. The monoisotopic (exact) mass is 435 g/mol. The molecule has 0 radical (unpaired) electrons. The van der Waals surface area contributed by atoms with E-state index in [0.29, 0.717) is 12.0 Å². The van der Waals surface area contributed by atoms with Crippen molar-refractivity contribution in [3.05, 3.63) is 47.0 Å². The maximum atomic E-state index is 12.9. The maximum Gasteiger partial charge on any atom is 0.344 e. The molecule has 0 amide bonds. The summed E-state index contributed by atoms with van der Waals surface area (Å²) in [5, 5.41) is 0. The van der Waals surface area contributed by atoms with Gasteiger partial charge in [0.05, 0.1) is 25.6 Å². The molecular weight excluding hydrogens is 406 g/mol. The minimum Gasteiger partial charge on any atom is -0.466 e. The van der Waals surface area contributed by atoms with Crippen LogP contribution in [0.5, 0.6) is 0 Å². The standard InChI is InChI=1S/C23H30ClNO5/c1-21(2,3)13-22(4,5)25-18-16(19(26)28-6)17(20(27)29-7)23(14-24,30-18)15-11-9-8-10-12-15/h8-12H,13-14H2,1-7H3. The summed E-state index contributed by atoms with van der Waals surface area (Å²) in [5.74, 6) is -1.55. The number of hydrogen-bond acceptors (Lipinski definition) is 6. The zero-order valence-electron chi connectivity index (χ0n) is 18.7. The molecule has 0 bridgehead atoms. The van der Waals surface area contributed by atoms with E-state index >= 15 is 0 Å². The smallest absolute Gasteiger partial charge is 0.344 e. The fourth-order valence-corrected chi connectivity index (χ4v) is 4.35. The highest BCUT2D eigenvalue weighted by atomic mass is 35.5. The Labute approximate surface area is 183 Å². The molecule has 0 aliphatic carbocycles. The summed E-state index contributed by atoms with van der Waals surface area (Å²) in [6, 6.07) is 9.01. The van der Waals surface area contributed by atoms with Crippen molar-refractivity contribution in [3.63, 3.8) is 0 Å². The number of alkyl halides is 1. The zero-order chi connectivity index (χ0) is 22.7. The fraction of sp³-hybridized carbons (Fsp3) is 0.522. The Morgan fingerprint density at radius 2 is 1.60 bits per heavy atom. The summed E-state index contributed by atoms with van der Waals surface area (Å²) in [6.45, 7) is 10.2. The third-order valence-corrected chi connectivity index (χ3v) is 5.09. The van der Waals surface area contributed by atoms with Crippen molar-refractivity contribution in [2.45, 2.75) is 52.2 Å². The molecule has 0 aromatic heterocycles. The number of methoxy groups -OCH3 is 2. The average Bonchev–Trinajstić information content (AvgIpc) is 2.99. The van der Waals surface area contributed by atoms with E-state index in [1.165, 1.54) is 14.2 Å². The van der Waals surface area contributed by atoms with Crippen LogP contribution in [-0.4, -0.2) is 43.5 Å². The molecule has 0 spiro atoms. The second-order valence-electron chi connectivity index (χ2n) is 9.13. The first kappa shape index (κ1) is 23.9. The Hall–Kier alpha value is -2.34. The van der Waals surface area contributed by atoms with Crippen LogP contribution < -0.4 is 0 Å². The lowest BCUT2D eigenvalue weighted by molar-refractivity contribution is -0.139. The lowest BCUT2D eigenvalue weighted by Crippen LogP contribution is -2.35. The first-order valence-electron chi connectivity index (χ1n) is 9.73. The quantitative estimate of drug-likeness (QED) is 0.488. The van der Waals surface area contributed by atoms with Crippen molar-refractivity contribution >= 4 is 29.4 Å². The van der Waals surface area contributed by atoms with E-state index in [0.717, 1.165) is 0 Å². The lowest BCUT2D eigenvalue weighted by atomic mass is 9.82. The minimum atomic E-state index is -1.42. The zero-order valence-corrected chi connectivity index (χ0v) is 19.4. The van der Waals surface area contributed by atoms with Crippen LogP contribution >= 0.6 is 11.6 Å². The average molecular weight is 436 g/mol. The summed E-state index contributed by atoms with van der Waals surface area (Å²) >= 11 is 6.38. The normalized spacial score (nSPS) is 20.9. The molecule has 1 aromatic rings. The van der Waals surface area contributed by atoms with Crippen LogP contribution in [0.25, 0.3) is 0 Å². The van der Waals surface area contributed by atoms with Gasteiger partial charge in [0, 0.05) is 5.56 Å².